The molecular formula is C11H12N2O4. The van der Waals surface area contributed by atoms with E-state index in [1.807, 2.05) is 6.07 Å². The lowest BCUT2D eigenvalue weighted by Gasteiger charge is -2.11. The molecule has 1 fully saturated rings. The van der Waals surface area contributed by atoms with Crippen molar-refractivity contribution in [3.05, 3.63) is 27.8 Å². The Morgan fingerprint density at radius 2 is 2.29 bits per heavy atom. The number of benzene rings is 1. The van der Waals surface area contributed by atoms with Crippen molar-refractivity contribution >= 4 is 5.69 Å². The Morgan fingerprint density at radius 1 is 1.41 bits per heavy atom. The number of nitro groups is 1. The van der Waals surface area contributed by atoms with E-state index in [4.69, 9.17) is 9.47 Å². The van der Waals surface area contributed by atoms with Gasteiger partial charge in [-0.3, -0.25) is 10.1 Å². The summed E-state index contributed by atoms with van der Waals surface area (Å²) in [4.78, 5) is 10.6. The van der Waals surface area contributed by atoms with Crippen LogP contribution >= 0.6 is 0 Å². The highest BCUT2D eigenvalue weighted by molar-refractivity contribution is 5.59. The largest absolute Gasteiger partial charge is 0.453 e. The quantitative estimate of drug-likeness (QED) is 0.625. The minimum atomic E-state index is -0.425. The summed E-state index contributed by atoms with van der Waals surface area (Å²) in [5, 5.41) is 14.3. The van der Waals surface area contributed by atoms with Crippen LogP contribution in [-0.2, 0) is 0 Å². The monoisotopic (exact) mass is 236 g/mol. The van der Waals surface area contributed by atoms with Gasteiger partial charge in [0.15, 0.2) is 5.75 Å². The third-order valence-electron chi connectivity index (χ3n) is 3.13. The van der Waals surface area contributed by atoms with Crippen LogP contribution in [0.5, 0.6) is 11.5 Å². The number of ether oxygens (including phenoxy) is 2. The fraction of sp³-hybridized carbons (Fsp3) is 0.455. The van der Waals surface area contributed by atoms with Gasteiger partial charge in [-0.25, -0.2) is 0 Å². The van der Waals surface area contributed by atoms with Gasteiger partial charge in [-0.05, 0) is 31.0 Å². The summed E-state index contributed by atoms with van der Waals surface area (Å²) < 4.78 is 10.4. The molecule has 1 unspecified atom stereocenters. The second-order valence-electron chi connectivity index (χ2n) is 4.18. The lowest BCUT2D eigenvalue weighted by atomic mass is 10.0. The zero-order chi connectivity index (χ0) is 11.8. The van der Waals surface area contributed by atoms with E-state index >= 15 is 0 Å². The van der Waals surface area contributed by atoms with Crippen molar-refractivity contribution in [2.75, 3.05) is 13.3 Å². The maximum absolute atomic E-state index is 11.0. The molecule has 2 aliphatic rings. The van der Waals surface area contributed by atoms with Gasteiger partial charge in [0.2, 0.25) is 12.5 Å². The summed E-state index contributed by atoms with van der Waals surface area (Å²) >= 11 is 0. The Kier molecular flexibility index (Phi) is 2.36. The van der Waals surface area contributed by atoms with Gasteiger partial charge >= 0.3 is 5.69 Å². The first-order valence-corrected chi connectivity index (χ1v) is 5.57. The molecule has 0 spiro atoms. The smallest absolute Gasteiger partial charge is 0.315 e. The highest BCUT2D eigenvalue weighted by atomic mass is 16.7. The zero-order valence-electron chi connectivity index (χ0n) is 9.14. The van der Waals surface area contributed by atoms with Crippen LogP contribution in [0.15, 0.2) is 12.1 Å². The predicted molar refractivity (Wildman–Crippen MR) is 59.2 cm³/mol. The molecule has 0 radical (unpaired) electrons. The highest BCUT2D eigenvalue weighted by Crippen LogP contribution is 2.43. The van der Waals surface area contributed by atoms with Crippen LogP contribution in [0.25, 0.3) is 0 Å². The topological polar surface area (TPSA) is 73.6 Å². The first kappa shape index (κ1) is 10.3. The number of rotatable bonds is 2. The number of fused-ring (bicyclic) bond motifs is 1. The van der Waals surface area contributed by atoms with Gasteiger partial charge in [0.05, 0.1) is 4.92 Å². The summed E-state index contributed by atoms with van der Waals surface area (Å²) in [7, 11) is 0. The normalized spacial score (nSPS) is 21.8. The molecule has 1 N–H and O–H groups in total. The SMILES string of the molecule is O=[N+]([O-])c1cc(C2CCCN2)cc2c1OCO2. The van der Waals surface area contributed by atoms with E-state index in [0.29, 0.717) is 5.75 Å². The summed E-state index contributed by atoms with van der Waals surface area (Å²) in [6.07, 6.45) is 2.09. The van der Waals surface area contributed by atoms with E-state index in [1.54, 1.807) is 6.07 Å². The number of nitrogens with one attached hydrogen (secondary N) is 1. The van der Waals surface area contributed by atoms with Gasteiger partial charge in [0.1, 0.15) is 0 Å². The molecule has 0 aromatic heterocycles. The number of hydrogen-bond donors (Lipinski definition) is 1. The minimum Gasteiger partial charge on any atom is -0.453 e. The molecule has 6 nitrogen and oxygen atoms in total. The Hall–Kier alpha value is -1.82. The first-order chi connectivity index (χ1) is 8.25. The molecule has 0 saturated carbocycles. The van der Waals surface area contributed by atoms with Crippen LogP contribution in [0, 0.1) is 10.1 Å². The molecule has 6 heteroatoms. The number of hydrogen-bond acceptors (Lipinski definition) is 5. The van der Waals surface area contributed by atoms with Crippen molar-refractivity contribution in [2.24, 2.45) is 0 Å². The average molecular weight is 236 g/mol. The molecule has 1 atom stereocenters. The Morgan fingerprint density at radius 3 is 3.00 bits per heavy atom. The Labute approximate surface area is 97.7 Å². The molecule has 0 amide bonds. The zero-order valence-corrected chi connectivity index (χ0v) is 9.14. The molecule has 1 saturated heterocycles. The summed E-state index contributed by atoms with van der Waals surface area (Å²) in [5.41, 5.74) is 0.891. The molecule has 1 aromatic rings. The maximum atomic E-state index is 11.0. The molecule has 0 aliphatic carbocycles. The third-order valence-corrected chi connectivity index (χ3v) is 3.13. The van der Waals surface area contributed by atoms with Crippen LogP contribution in [-0.4, -0.2) is 18.3 Å². The van der Waals surface area contributed by atoms with E-state index in [2.05, 4.69) is 5.32 Å². The molecule has 2 heterocycles. The van der Waals surface area contributed by atoms with Gasteiger partial charge in [-0.1, -0.05) is 0 Å². The first-order valence-electron chi connectivity index (χ1n) is 5.57. The van der Waals surface area contributed by atoms with E-state index in [-0.39, 0.29) is 24.3 Å². The molecule has 17 heavy (non-hydrogen) atoms. The molecule has 3 rings (SSSR count). The van der Waals surface area contributed by atoms with Crippen molar-refractivity contribution < 1.29 is 14.4 Å². The maximum Gasteiger partial charge on any atom is 0.315 e. The summed E-state index contributed by atoms with van der Waals surface area (Å²) in [6, 6.07) is 3.60. The van der Waals surface area contributed by atoms with Crippen molar-refractivity contribution in [1.29, 1.82) is 0 Å². The second kappa shape index (κ2) is 3.89. The lowest BCUT2D eigenvalue weighted by molar-refractivity contribution is -0.385. The van der Waals surface area contributed by atoms with Crippen molar-refractivity contribution in [2.45, 2.75) is 18.9 Å². The van der Waals surface area contributed by atoms with Crippen molar-refractivity contribution in [3.8, 4) is 11.5 Å². The highest BCUT2D eigenvalue weighted by Gasteiger charge is 2.29. The van der Waals surface area contributed by atoms with Crippen LogP contribution < -0.4 is 14.8 Å². The van der Waals surface area contributed by atoms with Crippen LogP contribution in [0.4, 0.5) is 5.69 Å². The van der Waals surface area contributed by atoms with E-state index in [0.717, 1.165) is 24.9 Å². The lowest BCUT2D eigenvalue weighted by Crippen LogP contribution is -2.13. The minimum absolute atomic E-state index is 0.0105. The van der Waals surface area contributed by atoms with Crippen molar-refractivity contribution in [3.63, 3.8) is 0 Å². The van der Waals surface area contributed by atoms with Crippen LogP contribution in [0.3, 0.4) is 0 Å². The Bertz CT molecular complexity index is 469. The van der Waals surface area contributed by atoms with E-state index in [9.17, 15) is 10.1 Å². The molecule has 1 aromatic carbocycles. The van der Waals surface area contributed by atoms with E-state index in [1.165, 1.54) is 0 Å². The van der Waals surface area contributed by atoms with E-state index < -0.39 is 4.92 Å². The van der Waals surface area contributed by atoms with Crippen LogP contribution in [0.1, 0.15) is 24.4 Å². The molecular weight excluding hydrogens is 224 g/mol. The van der Waals surface area contributed by atoms with Gasteiger partial charge in [0.25, 0.3) is 0 Å². The number of nitro benzene ring substituents is 1. The van der Waals surface area contributed by atoms with Gasteiger partial charge in [-0.2, -0.15) is 0 Å². The fourth-order valence-electron chi connectivity index (χ4n) is 2.32. The fourth-order valence-corrected chi connectivity index (χ4v) is 2.32. The van der Waals surface area contributed by atoms with Crippen molar-refractivity contribution in [1.82, 2.24) is 5.32 Å². The predicted octanol–water partition coefficient (Wildman–Crippen LogP) is 1.75. The number of nitrogens with zero attached hydrogens (tertiary/aromatic N) is 1. The van der Waals surface area contributed by atoms with Gasteiger partial charge < -0.3 is 14.8 Å². The van der Waals surface area contributed by atoms with Gasteiger partial charge in [-0.15, -0.1) is 0 Å². The molecule has 90 valence electrons. The standard InChI is InChI=1S/C11H12N2O4/c14-13(15)9-4-7(8-2-1-3-12-8)5-10-11(9)17-6-16-10/h4-5,8,12H,1-3,6H2. The second-order valence-corrected chi connectivity index (χ2v) is 4.18. The summed E-state index contributed by atoms with van der Waals surface area (Å²) in [6.45, 7) is 1.00. The molecule has 2 aliphatic heterocycles. The third kappa shape index (κ3) is 1.70. The summed E-state index contributed by atoms with van der Waals surface area (Å²) in [5.74, 6) is 0.722. The average Bonchev–Trinajstić information content (AvgIpc) is 2.98. The van der Waals surface area contributed by atoms with Crippen LogP contribution in [0.2, 0.25) is 0 Å². The van der Waals surface area contributed by atoms with Gasteiger partial charge in [0, 0.05) is 12.1 Å². The molecule has 0 bridgehead atoms. The Balaban J connectivity index is 2.05.